The maximum atomic E-state index is 5.72. The summed E-state index contributed by atoms with van der Waals surface area (Å²) in [5.41, 5.74) is 1.00. The lowest BCUT2D eigenvalue weighted by atomic mass is 10.1. The molecule has 1 atom stereocenters. The number of anilines is 1. The molecular weight excluding hydrogens is 252 g/mol. The third kappa shape index (κ3) is 4.42. The predicted molar refractivity (Wildman–Crippen MR) is 80.9 cm³/mol. The van der Waals surface area contributed by atoms with Crippen LogP contribution in [0.15, 0.2) is 12.1 Å². The van der Waals surface area contributed by atoms with Gasteiger partial charge < -0.3 is 15.0 Å². The van der Waals surface area contributed by atoms with E-state index >= 15 is 0 Å². The number of hydrogen-bond donors (Lipinski definition) is 1. The number of nitrogens with one attached hydrogen (secondary N) is 1. The second kappa shape index (κ2) is 8.17. The van der Waals surface area contributed by atoms with Crippen LogP contribution in [0.4, 0.5) is 5.82 Å². The molecule has 20 heavy (non-hydrogen) atoms. The summed E-state index contributed by atoms with van der Waals surface area (Å²) in [4.78, 5) is 2.28. The molecule has 1 saturated heterocycles. The molecule has 5 heteroatoms. The molecule has 2 heterocycles. The third-order valence-corrected chi connectivity index (χ3v) is 3.54. The van der Waals surface area contributed by atoms with Crippen LogP contribution < -0.4 is 10.2 Å². The molecule has 2 rings (SSSR count). The summed E-state index contributed by atoms with van der Waals surface area (Å²) in [6.07, 6.45) is 3.78. The predicted octanol–water partition coefficient (Wildman–Crippen LogP) is 1.98. The van der Waals surface area contributed by atoms with Crippen LogP contribution in [-0.2, 0) is 11.3 Å². The Labute approximate surface area is 121 Å². The number of nitrogens with zero attached hydrogens (tertiary/aromatic N) is 3. The largest absolute Gasteiger partial charge is 0.377 e. The Morgan fingerprint density at radius 2 is 2.25 bits per heavy atom. The first-order valence-electron chi connectivity index (χ1n) is 7.73. The fraction of sp³-hybridized carbons (Fsp3) is 0.733. The topological polar surface area (TPSA) is 50.3 Å². The summed E-state index contributed by atoms with van der Waals surface area (Å²) in [7, 11) is 0. The molecule has 0 saturated carbocycles. The van der Waals surface area contributed by atoms with Gasteiger partial charge in [0, 0.05) is 26.2 Å². The molecular formula is C15H26N4O. The number of hydrogen-bond acceptors (Lipinski definition) is 5. The standard InChI is InChI=1S/C15H26N4O/c1-3-9-16-11-13-7-8-15(18-17-13)19-10-5-6-14(12-19)20-4-2/h7-8,14,16H,3-6,9-12H2,1-2H3. The van der Waals surface area contributed by atoms with Crippen LogP contribution in [-0.4, -0.2) is 42.5 Å². The summed E-state index contributed by atoms with van der Waals surface area (Å²) in [6.45, 7) is 8.78. The van der Waals surface area contributed by atoms with Crippen molar-refractivity contribution < 1.29 is 4.74 Å². The zero-order chi connectivity index (χ0) is 14.2. The van der Waals surface area contributed by atoms with Crippen molar-refractivity contribution in [1.29, 1.82) is 0 Å². The first-order valence-corrected chi connectivity index (χ1v) is 7.73. The van der Waals surface area contributed by atoms with Gasteiger partial charge >= 0.3 is 0 Å². The summed E-state index contributed by atoms with van der Waals surface area (Å²) in [5.74, 6) is 0.966. The van der Waals surface area contributed by atoms with Gasteiger partial charge in [-0.25, -0.2) is 0 Å². The monoisotopic (exact) mass is 278 g/mol. The van der Waals surface area contributed by atoms with Crippen LogP contribution >= 0.6 is 0 Å². The van der Waals surface area contributed by atoms with E-state index in [0.717, 1.165) is 63.6 Å². The maximum absolute atomic E-state index is 5.72. The quantitative estimate of drug-likeness (QED) is 0.773. The second-order valence-electron chi connectivity index (χ2n) is 5.23. The number of rotatable bonds is 7. The number of piperidine rings is 1. The van der Waals surface area contributed by atoms with Crippen molar-refractivity contribution >= 4 is 5.82 Å². The van der Waals surface area contributed by atoms with Crippen molar-refractivity contribution in [3.8, 4) is 0 Å². The van der Waals surface area contributed by atoms with Crippen LogP contribution in [0.2, 0.25) is 0 Å². The molecule has 112 valence electrons. The van der Waals surface area contributed by atoms with Crippen LogP contribution in [0.25, 0.3) is 0 Å². The molecule has 1 aromatic rings. The van der Waals surface area contributed by atoms with Gasteiger partial charge in [0.05, 0.1) is 11.8 Å². The van der Waals surface area contributed by atoms with Crippen molar-refractivity contribution in [3.05, 3.63) is 17.8 Å². The van der Waals surface area contributed by atoms with E-state index in [1.807, 2.05) is 0 Å². The molecule has 0 aliphatic carbocycles. The van der Waals surface area contributed by atoms with Crippen molar-refractivity contribution in [2.45, 2.75) is 45.8 Å². The molecule has 1 aliphatic rings. The summed E-state index contributed by atoms with van der Waals surface area (Å²) in [5, 5.41) is 12.0. The van der Waals surface area contributed by atoms with Gasteiger partial charge in [0.1, 0.15) is 0 Å². The van der Waals surface area contributed by atoms with Crippen molar-refractivity contribution in [1.82, 2.24) is 15.5 Å². The van der Waals surface area contributed by atoms with Crippen molar-refractivity contribution in [2.75, 3.05) is 31.1 Å². The van der Waals surface area contributed by atoms with Crippen LogP contribution in [0.5, 0.6) is 0 Å². The van der Waals surface area contributed by atoms with Gasteiger partial charge in [-0.2, -0.15) is 5.10 Å². The molecule has 1 aliphatic heterocycles. The normalized spacial score (nSPS) is 19.3. The highest BCUT2D eigenvalue weighted by atomic mass is 16.5. The summed E-state index contributed by atoms with van der Waals surface area (Å²) in [6, 6.07) is 4.14. The van der Waals surface area contributed by atoms with Gasteiger partial charge in [0.2, 0.25) is 0 Å². The Morgan fingerprint density at radius 3 is 2.95 bits per heavy atom. The fourth-order valence-electron chi connectivity index (χ4n) is 2.53. The average Bonchev–Trinajstić information content (AvgIpc) is 2.49. The minimum atomic E-state index is 0.335. The highest BCUT2D eigenvalue weighted by Crippen LogP contribution is 2.18. The molecule has 1 unspecified atom stereocenters. The van der Waals surface area contributed by atoms with E-state index < -0.39 is 0 Å². The first kappa shape index (κ1) is 15.2. The molecule has 5 nitrogen and oxygen atoms in total. The lowest BCUT2D eigenvalue weighted by Gasteiger charge is -2.33. The molecule has 0 bridgehead atoms. The Balaban J connectivity index is 1.88. The van der Waals surface area contributed by atoms with Gasteiger partial charge in [-0.05, 0) is 44.9 Å². The third-order valence-electron chi connectivity index (χ3n) is 3.54. The zero-order valence-corrected chi connectivity index (χ0v) is 12.6. The Bertz CT molecular complexity index is 380. The van der Waals surface area contributed by atoms with E-state index in [1.165, 1.54) is 0 Å². The minimum Gasteiger partial charge on any atom is -0.377 e. The molecule has 0 spiro atoms. The van der Waals surface area contributed by atoms with E-state index in [-0.39, 0.29) is 0 Å². The molecule has 0 radical (unpaired) electrons. The molecule has 1 aromatic heterocycles. The van der Waals surface area contributed by atoms with Crippen molar-refractivity contribution in [3.63, 3.8) is 0 Å². The molecule has 0 amide bonds. The Hall–Kier alpha value is -1.20. The fourth-order valence-corrected chi connectivity index (χ4v) is 2.53. The minimum absolute atomic E-state index is 0.335. The lowest BCUT2D eigenvalue weighted by Crippen LogP contribution is -2.40. The van der Waals surface area contributed by atoms with Crippen LogP contribution in [0, 0.1) is 0 Å². The Kier molecular flexibility index (Phi) is 6.21. The van der Waals surface area contributed by atoms with Crippen LogP contribution in [0.3, 0.4) is 0 Å². The van der Waals surface area contributed by atoms with Crippen LogP contribution in [0.1, 0.15) is 38.8 Å². The average molecular weight is 278 g/mol. The first-order chi connectivity index (χ1) is 9.83. The van der Waals surface area contributed by atoms with Gasteiger partial charge in [-0.3, -0.25) is 0 Å². The SMILES string of the molecule is CCCNCc1ccc(N2CCCC(OCC)C2)nn1. The number of aromatic nitrogens is 2. The van der Waals surface area contributed by atoms with Gasteiger partial charge in [0.15, 0.2) is 5.82 Å². The zero-order valence-electron chi connectivity index (χ0n) is 12.6. The van der Waals surface area contributed by atoms with E-state index in [1.54, 1.807) is 0 Å². The van der Waals surface area contributed by atoms with Gasteiger partial charge in [0.25, 0.3) is 0 Å². The highest BCUT2D eigenvalue weighted by Gasteiger charge is 2.21. The smallest absolute Gasteiger partial charge is 0.151 e. The Morgan fingerprint density at radius 1 is 1.35 bits per heavy atom. The van der Waals surface area contributed by atoms with E-state index in [9.17, 15) is 0 Å². The van der Waals surface area contributed by atoms with E-state index in [0.29, 0.717) is 6.10 Å². The molecule has 1 N–H and O–H groups in total. The summed E-state index contributed by atoms with van der Waals surface area (Å²) < 4.78 is 5.72. The van der Waals surface area contributed by atoms with Crippen molar-refractivity contribution in [2.24, 2.45) is 0 Å². The lowest BCUT2D eigenvalue weighted by molar-refractivity contribution is 0.0525. The number of ether oxygens (including phenoxy) is 1. The van der Waals surface area contributed by atoms with Gasteiger partial charge in [-0.1, -0.05) is 6.92 Å². The van der Waals surface area contributed by atoms with Gasteiger partial charge in [-0.15, -0.1) is 5.10 Å². The highest BCUT2D eigenvalue weighted by molar-refractivity contribution is 5.38. The summed E-state index contributed by atoms with van der Waals surface area (Å²) >= 11 is 0. The molecule has 1 fully saturated rings. The molecule has 0 aromatic carbocycles. The van der Waals surface area contributed by atoms with E-state index in [2.05, 4.69) is 46.4 Å². The second-order valence-corrected chi connectivity index (χ2v) is 5.23. The van der Waals surface area contributed by atoms with E-state index in [4.69, 9.17) is 4.74 Å². The maximum Gasteiger partial charge on any atom is 0.151 e.